The van der Waals surface area contributed by atoms with E-state index in [9.17, 15) is 8.42 Å². The fraction of sp³-hybridized carbons (Fsp3) is 1.00. The van der Waals surface area contributed by atoms with Crippen molar-refractivity contribution in [3.8, 4) is 0 Å². The molecule has 0 bridgehead atoms. The summed E-state index contributed by atoms with van der Waals surface area (Å²) in [7, 11) is -2.97. The maximum atomic E-state index is 11.3. The highest BCUT2D eigenvalue weighted by Crippen LogP contribution is 2.25. The molecule has 1 aliphatic heterocycles. The van der Waals surface area contributed by atoms with Crippen LogP contribution in [0.1, 0.15) is 13.8 Å². The van der Waals surface area contributed by atoms with E-state index in [1.807, 2.05) is 11.8 Å². The van der Waals surface area contributed by atoms with Crippen molar-refractivity contribution < 1.29 is 8.42 Å². The second kappa shape index (κ2) is 4.19. The first kappa shape index (κ1) is 11.3. The lowest BCUT2D eigenvalue weighted by atomic mass is 10.1. The van der Waals surface area contributed by atoms with Crippen LogP contribution in [0.5, 0.6) is 0 Å². The summed E-state index contributed by atoms with van der Waals surface area (Å²) in [5.41, 5.74) is 0. The minimum Gasteiger partial charge on any atom is -0.213 e. The number of sulfonamides is 1. The third-order valence-electron chi connectivity index (χ3n) is 2.27. The summed E-state index contributed by atoms with van der Waals surface area (Å²) in [6.45, 7) is 5.64. The third-order valence-corrected chi connectivity index (χ3v) is 5.08. The first-order valence-electron chi connectivity index (χ1n) is 4.48. The summed E-state index contributed by atoms with van der Waals surface area (Å²) in [4.78, 5) is 0. The Bertz CT molecular complexity index is 261. The van der Waals surface area contributed by atoms with Crippen molar-refractivity contribution in [2.24, 2.45) is 5.92 Å². The first-order chi connectivity index (χ1) is 5.91. The van der Waals surface area contributed by atoms with Crippen LogP contribution in [0.3, 0.4) is 0 Å². The Balaban J connectivity index is 2.62. The van der Waals surface area contributed by atoms with E-state index in [4.69, 9.17) is 0 Å². The summed E-state index contributed by atoms with van der Waals surface area (Å²) in [5, 5.41) is 0.462. The predicted octanol–water partition coefficient (Wildman–Crippen LogP) is 1.02. The average molecular weight is 223 g/mol. The molecule has 78 valence electrons. The van der Waals surface area contributed by atoms with Crippen LogP contribution in [0, 0.1) is 5.92 Å². The smallest absolute Gasteiger partial charge is 0.211 e. The van der Waals surface area contributed by atoms with Gasteiger partial charge in [-0.25, -0.2) is 12.7 Å². The Kier molecular flexibility index (Phi) is 3.65. The van der Waals surface area contributed by atoms with Gasteiger partial charge < -0.3 is 0 Å². The van der Waals surface area contributed by atoms with E-state index >= 15 is 0 Å². The van der Waals surface area contributed by atoms with E-state index < -0.39 is 10.0 Å². The van der Waals surface area contributed by atoms with Gasteiger partial charge in [0.2, 0.25) is 10.0 Å². The molecular formula is C8H17NO2S2. The van der Waals surface area contributed by atoms with Crippen LogP contribution >= 0.6 is 11.8 Å². The maximum Gasteiger partial charge on any atom is 0.211 e. The molecule has 1 saturated heterocycles. The second-order valence-corrected chi connectivity index (χ2v) is 7.10. The molecule has 1 fully saturated rings. The number of nitrogens with zero attached hydrogens (tertiary/aromatic N) is 1. The molecule has 1 heterocycles. The van der Waals surface area contributed by atoms with Crippen LogP contribution in [0.4, 0.5) is 0 Å². The molecule has 0 aromatic carbocycles. The van der Waals surface area contributed by atoms with Gasteiger partial charge in [-0.15, -0.1) is 0 Å². The van der Waals surface area contributed by atoms with Crippen molar-refractivity contribution in [1.82, 2.24) is 4.31 Å². The maximum absolute atomic E-state index is 11.3. The number of thioether (sulfide) groups is 1. The summed E-state index contributed by atoms with van der Waals surface area (Å²) in [6.07, 6.45) is 1.29. The van der Waals surface area contributed by atoms with Crippen LogP contribution in [-0.2, 0) is 10.0 Å². The Morgan fingerprint density at radius 2 is 2.08 bits per heavy atom. The molecule has 5 heteroatoms. The molecule has 0 N–H and O–H groups in total. The fourth-order valence-corrected chi connectivity index (χ4v) is 3.72. The van der Waals surface area contributed by atoms with Crippen molar-refractivity contribution in [3.63, 3.8) is 0 Å². The fourth-order valence-electron chi connectivity index (χ4n) is 1.36. The van der Waals surface area contributed by atoms with Gasteiger partial charge in [-0.3, -0.25) is 0 Å². The zero-order chi connectivity index (χ0) is 10.1. The summed E-state index contributed by atoms with van der Waals surface area (Å²) >= 11 is 1.89. The van der Waals surface area contributed by atoms with Gasteiger partial charge in [0, 0.05) is 24.1 Å². The van der Waals surface area contributed by atoms with Crippen LogP contribution < -0.4 is 0 Å². The largest absolute Gasteiger partial charge is 0.213 e. The summed E-state index contributed by atoms with van der Waals surface area (Å²) in [5.74, 6) is 1.48. The van der Waals surface area contributed by atoms with Crippen LogP contribution in [0.15, 0.2) is 0 Å². The standard InChI is InChI=1S/C8H17NO2S2/c1-7(2)8-6-9(4-5-12-8)13(3,10)11/h7-8H,4-6H2,1-3H3. The van der Waals surface area contributed by atoms with Gasteiger partial charge in [-0.1, -0.05) is 13.8 Å². The van der Waals surface area contributed by atoms with E-state index in [0.29, 0.717) is 24.3 Å². The normalized spacial score (nSPS) is 26.6. The van der Waals surface area contributed by atoms with Crippen molar-refractivity contribution in [2.75, 3.05) is 25.1 Å². The predicted molar refractivity (Wildman–Crippen MR) is 57.5 cm³/mol. The highest BCUT2D eigenvalue weighted by atomic mass is 32.2. The molecule has 0 aliphatic carbocycles. The molecule has 0 radical (unpaired) electrons. The molecule has 1 aliphatic rings. The second-order valence-electron chi connectivity index (χ2n) is 3.77. The van der Waals surface area contributed by atoms with Gasteiger partial charge in [0.05, 0.1) is 6.26 Å². The lowest BCUT2D eigenvalue weighted by Gasteiger charge is -2.32. The van der Waals surface area contributed by atoms with E-state index in [0.717, 1.165) is 5.75 Å². The van der Waals surface area contributed by atoms with E-state index in [1.165, 1.54) is 6.26 Å². The SMILES string of the molecule is CC(C)C1CN(S(C)(=O)=O)CCS1. The number of hydrogen-bond acceptors (Lipinski definition) is 3. The van der Waals surface area contributed by atoms with Crippen LogP contribution in [0.2, 0.25) is 0 Å². The highest BCUT2D eigenvalue weighted by molar-refractivity contribution is 8.00. The van der Waals surface area contributed by atoms with Gasteiger partial charge in [0.25, 0.3) is 0 Å². The van der Waals surface area contributed by atoms with E-state index in [1.54, 1.807) is 4.31 Å². The van der Waals surface area contributed by atoms with Gasteiger partial charge in [0.1, 0.15) is 0 Å². The average Bonchev–Trinajstić information content (AvgIpc) is 2.03. The molecule has 1 rings (SSSR count). The Hall–Kier alpha value is 0.260. The lowest BCUT2D eigenvalue weighted by Crippen LogP contribution is -2.42. The third kappa shape index (κ3) is 3.14. The van der Waals surface area contributed by atoms with Crippen LogP contribution in [-0.4, -0.2) is 43.1 Å². The van der Waals surface area contributed by atoms with Crippen molar-refractivity contribution >= 4 is 21.8 Å². The first-order valence-corrected chi connectivity index (χ1v) is 7.37. The topological polar surface area (TPSA) is 37.4 Å². The van der Waals surface area contributed by atoms with Crippen LogP contribution in [0.25, 0.3) is 0 Å². The molecule has 13 heavy (non-hydrogen) atoms. The van der Waals surface area contributed by atoms with E-state index in [-0.39, 0.29) is 0 Å². The molecule has 0 aromatic rings. The van der Waals surface area contributed by atoms with Crippen molar-refractivity contribution in [2.45, 2.75) is 19.1 Å². The summed E-state index contributed by atoms with van der Waals surface area (Å²) in [6, 6.07) is 0. The molecular weight excluding hydrogens is 206 g/mol. The number of hydrogen-bond donors (Lipinski definition) is 0. The molecule has 0 amide bonds. The minimum atomic E-state index is -2.97. The molecule has 1 unspecified atom stereocenters. The quantitative estimate of drug-likeness (QED) is 0.701. The highest BCUT2D eigenvalue weighted by Gasteiger charge is 2.27. The Morgan fingerprint density at radius 1 is 1.46 bits per heavy atom. The van der Waals surface area contributed by atoms with Gasteiger partial charge in [0.15, 0.2) is 0 Å². The molecule has 0 aromatic heterocycles. The monoisotopic (exact) mass is 223 g/mol. The number of rotatable bonds is 2. The minimum absolute atomic E-state index is 0.462. The van der Waals surface area contributed by atoms with Gasteiger partial charge in [-0.05, 0) is 5.92 Å². The van der Waals surface area contributed by atoms with E-state index in [2.05, 4.69) is 13.8 Å². The molecule has 0 saturated carbocycles. The molecule has 3 nitrogen and oxygen atoms in total. The molecule has 1 atom stereocenters. The zero-order valence-corrected chi connectivity index (χ0v) is 9.99. The lowest BCUT2D eigenvalue weighted by molar-refractivity contribution is 0.394. The Morgan fingerprint density at radius 3 is 2.54 bits per heavy atom. The summed E-state index contributed by atoms with van der Waals surface area (Å²) < 4.78 is 24.1. The molecule has 0 spiro atoms. The van der Waals surface area contributed by atoms with Crippen molar-refractivity contribution in [3.05, 3.63) is 0 Å². The van der Waals surface area contributed by atoms with Gasteiger partial charge >= 0.3 is 0 Å². The van der Waals surface area contributed by atoms with Crippen molar-refractivity contribution in [1.29, 1.82) is 0 Å². The zero-order valence-electron chi connectivity index (χ0n) is 8.36. The Labute approximate surface area is 84.9 Å². The van der Waals surface area contributed by atoms with Gasteiger partial charge in [-0.2, -0.15) is 11.8 Å².